The van der Waals surface area contributed by atoms with Gasteiger partial charge >= 0.3 is 5.91 Å². The Morgan fingerprint density at radius 3 is 2.61 bits per heavy atom. The van der Waals surface area contributed by atoms with Crippen molar-refractivity contribution >= 4 is 70.3 Å². The van der Waals surface area contributed by atoms with Crippen molar-refractivity contribution in [1.82, 2.24) is 4.57 Å². The van der Waals surface area contributed by atoms with Crippen molar-refractivity contribution in [2.75, 3.05) is 13.7 Å². The molecule has 2 aromatic carbocycles. The molecule has 0 radical (unpaired) electrons. The third-order valence-electron chi connectivity index (χ3n) is 3.89. The summed E-state index contributed by atoms with van der Waals surface area (Å²) in [7, 11) is 3.20. The van der Waals surface area contributed by atoms with Gasteiger partial charge in [-0.1, -0.05) is 31.9 Å². The van der Waals surface area contributed by atoms with Crippen LogP contribution in [0.15, 0.2) is 54.0 Å². The maximum absolute atomic E-state index is 12.1. The fourth-order valence-electron chi connectivity index (χ4n) is 2.61. The number of halogens is 3. The number of rotatable bonds is 5. The van der Waals surface area contributed by atoms with Gasteiger partial charge in [0.25, 0.3) is 0 Å². The predicted octanol–water partition coefficient (Wildman–Crippen LogP) is 5.87. The molecule has 1 aromatic heterocycles. The topological polar surface area (TPSA) is 85.4 Å². The molecule has 0 aliphatic heterocycles. The highest BCUT2D eigenvalue weighted by Gasteiger charge is 2.18. The van der Waals surface area contributed by atoms with Gasteiger partial charge in [-0.05, 0) is 46.3 Å². The van der Waals surface area contributed by atoms with Crippen molar-refractivity contribution in [2.24, 2.45) is 17.3 Å². The zero-order valence-electron chi connectivity index (χ0n) is 14.7. The second kappa shape index (κ2) is 8.62. The number of carbonyl (C=O) groups excluding carboxylic acids is 1. The van der Waals surface area contributed by atoms with Crippen LogP contribution in [-0.2, 0) is 11.8 Å². The Balaban J connectivity index is 1.81. The largest absolute Gasteiger partial charge is 0.493 e. The minimum absolute atomic E-state index is 0.0964. The van der Waals surface area contributed by atoms with Crippen LogP contribution in [0.25, 0.3) is 10.9 Å². The third-order valence-corrected chi connectivity index (χ3v) is 5.44. The molecule has 146 valence electrons. The number of ether oxygens (including phenoxy) is 2. The van der Waals surface area contributed by atoms with Crippen molar-refractivity contribution in [3.05, 3.63) is 43.7 Å². The summed E-state index contributed by atoms with van der Waals surface area (Å²) >= 11 is 10.2. The van der Waals surface area contributed by atoms with E-state index in [1.165, 1.54) is 7.11 Å². The van der Waals surface area contributed by atoms with E-state index >= 15 is 0 Å². The first-order valence-electron chi connectivity index (χ1n) is 7.89. The zero-order chi connectivity index (χ0) is 20.4. The maximum atomic E-state index is 12.1. The monoisotopic (exact) mass is 573 g/mol. The number of aromatic nitrogens is 1. The van der Waals surface area contributed by atoms with Gasteiger partial charge in [0.15, 0.2) is 23.8 Å². The van der Waals surface area contributed by atoms with Crippen LogP contribution in [0.5, 0.6) is 17.4 Å². The first-order valence-corrected chi connectivity index (χ1v) is 10.3. The second-order valence-corrected chi connectivity index (χ2v) is 8.38. The Morgan fingerprint density at radius 2 is 1.89 bits per heavy atom. The summed E-state index contributed by atoms with van der Waals surface area (Å²) in [4.78, 5) is 12.1. The van der Waals surface area contributed by atoms with Gasteiger partial charge in [-0.25, -0.2) is 0 Å². The van der Waals surface area contributed by atoms with E-state index in [1.54, 1.807) is 35.9 Å². The molecular formula is C18H14Br3N3O4. The molecular weight excluding hydrogens is 562 g/mol. The SMILES string of the molecule is COc1cc(Br)ccc1OCC(=O)N=Nc1c(O)n(C)c2c(Br)cc(Br)cc12. The second-order valence-electron chi connectivity index (χ2n) is 5.69. The van der Waals surface area contributed by atoms with Crippen LogP contribution in [0.3, 0.4) is 0 Å². The van der Waals surface area contributed by atoms with Gasteiger partial charge in [0.2, 0.25) is 5.88 Å². The van der Waals surface area contributed by atoms with Crippen molar-refractivity contribution in [1.29, 1.82) is 0 Å². The molecule has 3 aromatic rings. The number of hydrogen-bond donors (Lipinski definition) is 1. The number of hydrogen-bond acceptors (Lipinski definition) is 5. The van der Waals surface area contributed by atoms with Gasteiger partial charge in [-0.3, -0.25) is 4.79 Å². The molecule has 28 heavy (non-hydrogen) atoms. The molecule has 1 heterocycles. The normalized spacial score (nSPS) is 11.3. The summed E-state index contributed by atoms with van der Waals surface area (Å²) < 4.78 is 14.6. The van der Waals surface area contributed by atoms with Crippen LogP contribution < -0.4 is 9.47 Å². The molecule has 1 amide bonds. The van der Waals surface area contributed by atoms with Gasteiger partial charge in [0.1, 0.15) is 0 Å². The summed E-state index contributed by atoms with van der Waals surface area (Å²) in [6, 6.07) is 8.83. The summed E-state index contributed by atoms with van der Waals surface area (Å²) in [5, 5.41) is 18.6. The highest BCUT2D eigenvalue weighted by Crippen LogP contribution is 2.42. The van der Waals surface area contributed by atoms with E-state index in [0.29, 0.717) is 16.9 Å². The number of carbonyl (C=O) groups is 1. The van der Waals surface area contributed by atoms with Gasteiger partial charge in [0.05, 0.1) is 12.6 Å². The minimum atomic E-state index is -0.601. The number of benzene rings is 2. The number of methoxy groups -OCH3 is 1. The molecule has 0 unspecified atom stereocenters. The van der Waals surface area contributed by atoms with E-state index in [4.69, 9.17) is 9.47 Å². The molecule has 0 saturated heterocycles. The molecule has 0 atom stereocenters. The van der Waals surface area contributed by atoms with Gasteiger partial charge < -0.3 is 19.1 Å². The number of nitrogens with zero attached hydrogens (tertiary/aromatic N) is 3. The van der Waals surface area contributed by atoms with E-state index in [-0.39, 0.29) is 18.2 Å². The fourth-order valence-corrected chi connectivity index (χ4v) is 4.44. The Bertz CT molecular complexity index is 1100. The lowest BCUT2D eigenvalue weighted by atomic mass is 10.2. The van der Waals surface area contributed by atoms with Gasteiger partial charge in [0, 0.05) is 25.9 Å². The van der Waals surface area contributed by atoms with E-state index < -0.39 is 5.91 Å². The Labute approximate surface area is 185 Å². The molecule has 0 fully saturated rings. The molecule has 0 bridgehead atoms. The van der Waals surface area contributed by atoms with Gasteiger partial charge in [-0.15, -0.1) is 10.2 Å². The summed E-state index contributed by atoms with van der Waals surface area (Å²) in [6.45, 7) is -0.319. The minimum Gasteiger partial charge on any atom is -0.493 e. The first kappa shape index (κ1) is 20.8. The molecule has 3 rings (SSSR count). The highest BCUT2D eigenvalue weighted by molar-refractivity contribution is 9.11. The summed E-state index contributed by atoms with van der Waals surface area (Å²) in [5.41, 5.74) is 0.937. The predicted molar refractivity (Wildman–Crippen MR) is 116 cm³/mol. The van der Waals surface area contributed by atoms with Crippen LogP contribution >= 0.6 is 47.8 Å². The van der Waals surface area contributed by atoms with Crippen LogP contribution in [0.2, 0.25) is 0 Å². The molecule has 0 saturated carbocycles. The van der Waals surface area contributed by atoms with E-state index in [0.717, 1.165) is 18.9 Å². The van der Waals surface area contributed by atoms with Gasteiger partial charge in [-0.2, -0.15) is 0 Å². The lowest BCUT2D eigenvalue weighted by Crippen LogP contribution is -2.08. The van der Waals surface area contributed by atoms with Crippen LogP contribution in [0.1, 0.15) is 0 Å². The lowest BCUT2D eigenvalue weighted by Gasteiger charge is -2.09. The Morgan fingerprint density at radius 1 is 1.14 bits per heavy atom. The highest BCUT2D eigenvalue weighted by atomic mass is 79.9. The van der Waals surface area contributed by atoms with Crippen molar-refractivity contribution in [3.63, 3.8) is 0 Å². The molecule has 1 N–H and O–H groups in total. The number of azo groups is 1. The summed E-state index contributed by atoms with van der Waals surface area (Å²) in [5.74, 6) is 0.201. The molecule has 7 nitrogen and oxygen atoms in total. The van der Waals surface area contributed by atoms with Crippen LogP contribution in [0, 0.1) is 0 Å². The Hall–Kier alpha value is -1.91. The average Bonchev–Trinajstić information content (AvgIpc) is 2.89. The molecule has 0 aliphatic rings. The average molecular weight is 576 g/mol. The van der Waals surface area contributed by atoms with E-state index in [9.17, 15) is 9.90 Å². The quantitative estimate of drug-likeness (QED) is 0.386. The van der Waals surface area contributed by atoms with Crippen molar-refractivity contribution < 1.29 is 19.4 Å². The molecule has 0 aliphatic carbocycles. The van der Waals surface area contributed by atoms with Crippen LogP contribution in [-0.4, -0.2) is 29.3 Å². The lowest BCUT2D eigenvalue weighted by molar-refractivity contribution is -0.120. The third kappa shape index (κ3) is 4.23. The number of amides is 1. The standard InChI is InChI=1S/C18H14Br3N3O4/c1-24-17-11(5-10(20)6-12(17)21)16(18(24)26)23-22-15(25)8-28-13-4-3-9(19)7-14(13)27-2/h3-7,26H,8H2,1-2H3. The first-order chi connectivity index (χ1) is 13.3. The fraction of sp³-hybridized carbons (Fsp3) is 0.167. The van der Waals surface area contributed by atoms with Crippen molar-refractivity contribution in [3.8, 4) is 17.4 Å². The maximum Gasteiger partial charge on any atom is 0.302 e. The molecule has 10 heteroatoms. The number of fused-ring (bicyclic) bond motifs is 1. The van der Waals surface area contributed by atoms with E-state index in [2.05, 4.69) is 58.0 Å². The van der Waals surface area contributed by atoms with E-state index in [1.807, 2.05) is 6.07 Å². The van der Waals surface area contributed by atoms with Crippen LogP contribution in [0.4, 0.5) is 5.69 Å². The molecule has 0 spiro atoms. The number of aryl methyl sites for hydroxylation is 1. The zero-order valence-corrected chi connectivity index (χ0v) is 19.5. The Kier molecular flexibility index (Phi) is 6.41. The summed E-state index contributed by atoms with van der Waals surface area (Å²) in [6.07, 6.45) is 0. The van der Waals surface area contributed by atoms with Crippen molar-refractivity contribution in [2.45, 2.75) is 0 Å². The number of aromatic hydroxyl groups is 1. The smallest absolute Gasteiger partial charge is 0.302 e.